The predicted octanol–water partition coefficient (Wildman–Crippen LogP) is 2.21. The molecule has 0 bridgehead atoms. The van der Waals surface area contributed by atoms with Gasteiger partial charge in [-0.05, 0) is 48.7 Å². The average Bonchev–Trinajstić information content (AvgIpc) is 3.12. The first-order chi connectivity index (χ1) is 14.0. The van der Waals surface area contributed by atoms with Crippen molar-refractivity contribution >= 4 is 22.7 Å². The summed E-state index contributed by atoms with van der Waals surface area (Å²) in [7, 11) is 1.64. The molecule has 1 N–H and O–H groups in total. The van der Waals surface area contributed by atoms with Crippen LogP contribution in [0.25, 0.3) is 10.9 Å². The SMILES string of the molecule is COc1ccc2[nH]c3c(c2c1)CCN1C(=O)CN(Cc2cccnc2)C(=O)[C@]31C. The van der Waals surface area contributed by atoms with Crippen molar-refractivity contribution in [3.05, 3.63) is 59.5 Å². The molecule has 0 saturated carbocycles. The van der Waals surface area contributed by atoms with Gasteiger partial charge < -0.3 is 19.5 Å². The van der Waals surface area contributed by atoms with Gasteiger partial charge >= 0.3 is 0 Å². The third-order valence-corrected chi connectivity index (χ3v) is 6.15. The zero-order chi connectivity index (χ0) is 20.2. The summed E-state index contributed by atoms with van der Waals surface area (Å²) < 4.78 is 5.38. The Labute approximate surface area is 168 Å². The number of hydrogen-bond acceptors (Lipinski definition) is 4. The molecule has 1 fully saturated rings. The van der Waals surface area contributed by atoms with E-state index in [0.717, 1.165) is 33.5 Å². The number of hydrogen-bond donors (Lipinski definition) is 1. The summed E-state index contributed by atoms with van der Waals surface area (Å²) in [5.41, 5.74) is 2.70. The molecule has 2 aromatic heterocycles. The molecule has 1 saturated heterocycles. The van der Waals surface area contributed by atoms with Crippen molar-refractivity contribution in [2.24, 2.45) is 0 Å². The summed E-state index contributed by atoms with van der Waals surface area (Å²) in [6, 6.07) is 9.60. The predicted molar refractivity (Wildman–Crippen MR) is 107 cm³/mol. The Morgan fingerprint density at radius 3 is 2.90 bits per heavy atom. The lowest BCUT2D eigenvalue weighted by molar-refractivity contribution is -0.166. The minimum atomic E-state index is -1.04. The summed E-state index contributed by atoms with van der Waals surface area (Å²) in [5.74, 6) is 0.675. The van der Waals surface area contributed by atoms with Gasteiger partial charge in [-0.3, -0.25) is 14.6 Å². The number of amides is 2. The van der Waals surface area contributed by atoms with Gasteiger partial charge in [-0.25, -0.2) is 0 Å². The molecule has 148 valence electrons. The van der Waals surface area contributed by atoms with Gasteiger partial charge in [0, 0.05) is 36.4 Å². The van der Waals surface area contributed by atoms with Crippen LogP contribution in [0.3, 0.4) is 0 Å². The van der Waals surface area contributed by atoms with E-state index in [-0.39, 0.29) is 18.4 Å². The van der Waals surface area contributed by atoms with Gasteiger partial charge in [0.25, 0.3) is 5.91 Å². The second kappa shape index (κ2) is 6.34. The number of aromatic amines is 1. The molecule has 1 aromatic carbocycles. The molecule has 0 radical (unpaired) electrons. The van der Waals surface area contributed by atoms with Crippen LogP contribution in [0.1, 0.15) is 23.7 Å². The lowest BCUT2D eigenvalue weighted by Crippen LogP contribution is -2.66. The van der Waals surface area contributed by atoms with E-state index in [9.17, 15) is 9.59 Å². The van der Waals surface area contributed by atoms with Crippen LogP contribution in [0.2, 0.25) is 0 Å². The molecule has 2 amide bonds. The van der Waals surface area contributed by atoms with E-state index in [4.69, 9.17) is 4.74 Å². The fourth-order valence-electron chi connectivity index (χ4n) is 4.68. The molecule has 1 atom stereocenters. The largest absolute Gasteiger partial charge is 0.497 e. The van der Waals surface area contributed by atoms with Gasteiger partial charge in [-0.15, -0.1) is 0 Å². The molecular weight excluding hydrogens is 368 g/mol. The second-order valence-electron chi connectivity index (χ2n) is 7.78. The molecule has 0 unspecified atom stereocenters. The van der Waals surface area contributed by atoms with Crippen molar-refractivity contribution in [2.45, 2.75) is 25.4 Å². The number of pyridine rings is 1. The number of nitrogens with one attached hydrogen (secondary N) is 1. The molecular formula is C22H22N4O3. The van der Waals surface area contributed by atoms with Crippen LogP contribution < -0.4 is 4.74 Å². The van der Waals surface area contributed by atoms with E-state index < -0.39 is 5.54 Å². The minimum Gasteiger partial charge on any atom is -0.497 e. The summed E-state index contributed by atoms with van der Waals surface area (Å²) in [6.07, 6.45) is 4.13. The minimum absolute atomic E-state index is 0.0297. The van der Waals surface area contributed by atoms with Crippen LogP contribution in [-0.2, 0) is 28.1 Å². The van der Waals surface area contributed by atoms with E-state index in [1.54, 1.807) is 29.3 Å². The molecule has 2 aliphatic rings. The van der Waals surface area contributed by atoms with Gasteiger partial charge in [-0.1, -0.05) is 6.07 Å². The Kier molecular flexibility index (Phi) is 3.87. The molecule has 0 spiro atoms. The van der Waals surface area contributed by atoms with Crippen molar-refractivity contribution in [1.29, 1.82) is 0 Å². The Hall–Kier alpha value is -3.35. The molecule has 0 aliphatic carbocycles. The van der Waals surface area contributed by atoms with Crippen LogP contribution in [0.4, 0.5) is 0 Å². The number of nitrogens with zero attached hydrogens (tertiary/aromatic N) is 3. The maximum Gasteiger partial charge on any atom is 0.255 e. The van der Waals surface area contributed by atoms with Crippen LogP contribution in [0.5, 0.6) is 5.75 Å². The third-order valence-electron chi connectivity index (χ3n) is 6.15. The first-order valence-corrected chi connectivity index (χ1v) is 9.70. The number of rotatable bonds is 3. The zero-order valence-corrected chi connectivity index (χ0v) is 16.4. The summed E-state index contributed by atoms with van der Waals surface area (Å²) in [4.78, 5) is 37.6. The summed E-state index contributed by atoms with van der Waals surface area (Å²) in [5, 5.41) is 1.05. The fourth-order valence-corrected chi connectivity index (χ4v) is 4.68. The van der Waals surface area contributed by atoms with Gasteiger partial charge in [0.1, 0.15) is 12.3 Å². The quantitative estimate of drug-likeness (QED) is 0.744. The van der Waals surface area contributed by atoms with Gasteiger partial charge in [-0.2, -0.15) is 0 Å². The van der Waals surface area contributed by atoms with Crippen molar-refractivity contribution in [3.8, 4) is 5.75 Å². The molecule has 29 heavy (non-hydrogen) atoms. The first-order valence-electron chi connectivity index (χ1n) is 9.70. The molecule has 5 rings (SSSR count). The van der Waals surface area contributed by atoms with E-state index in [0.29, 0.717) is 19.5 Å². The normalized spacial score (nSPS) is 21.3. The standard InChI is InChI=1S/C22H22N4O3/c1-22-20-16(17-10-15(29-2)5-6-18(17)24-20)7-9-26(22)19(27)13-25(21(22)28)12-14-4-3-8-23-11-14/h3-6,8,10-11,24H,7,9,12-13H2,1-2H3/t22-/m0/s1. The zero-order valence-electron chi connectivity index (χ0n) is 16.4. The summed E-state index contributed by atoms with van der Waals surface area (Å²) in [6.45, 7) is 2.84. The Morgan fingerprint density at radius 1 is 1.28 bits per heavy atom. The highest BCUT2D eigenvalue weighted by Gasteiger charge is 2.54. The van der Waals surface area contributed by atoms with Gasteiger partial charge in [0.05, 0.1) is 12.8 Å². The number of H-pyrrole nitrogens is 1. The average molecular weight is 390 g/mol. The lowest BCUT2D eigenvalue weighted by atomic mass is 9.83. The number of ether oxygens (including phenoxy) is 1. The number of fused-ring (bicyclic) bond motifs is 5. The first kappa shape index (κ1) is 17.7. The van der Waals surface area contributed by atoms with E-state index >= 15 is 0 Å². The van der Waals surface area contributed by atoms with E-state index in [1.807, 2.05) is 37.3 Å². The number of methoxy groups -OCH3 is 1. The molecule has 2 aliphatic heterocycles. The number of carbonyl (C=O) groups excluding carboxylic acids is 2. The topological polar surface area (TPSA) is 78.5 Å². The maximum absolute atomic E-state index is 13.7. The smallest absolute Gasteiger partial charge is 0.255 e. The Morgan fingerprint density at radius 2 is 2.14 bits per heavy atom. The second-order valence-corrected chi connectivity index (χ2v) is 7.78. The lowest BCUT2D eigenvalue weighted by Gasteiger charge is -2.49. The number of carbonyl (C=O) groups is 2. The van der Waals surface area contributed by atoms with Crippen molar-refractivity contribution in [2.75, 3.05) is 20.2 Å². The van der Waals surface area contributed by atoms with Crippen molar-refractivity contribution in [1.82, 2.24) is 19.8 Å². The Bertz CT molecular complexity index is 1120. The maximum atomic E-state index is 13.7. The summed E-state index contributed by atoms with van der Waals surface area (Å²) >= 11 is 0. The van der Waals surface area contributed by atoms with Crippen LogP contribution in [0.15, 0.2) is 42.7 Å². The highest BCUT2D eigenvalue weighted by atomic mass is 16.5. The highest BCUT2D eigenvalue weighted by molar-refractivity contribution is 6.00. The molecule has 4 heterocycles. The van der Waals surface area contributed by atoms with E-state index in [2.05, 4.69) is 9.97 Å². The van der Waals surface area contributed by atoms with Gasteiger partial charge in [0.2, 0.25) is 5.91 Å². The molecule has 7 nitrogen and oxygen atoms in total. The molecule has 3 aromatic rings. The Balaban J connectivity index is 1.61. The van der Waals surface area contributed by atoms with Crippen LogP contribution in [0, 0.1) is 0 Å². The van der Waals surface area contributed by atoms with Crippen molar-refractivity contribution < 1.29 is 14.3 Å². The van der Waals surface area contributed by atoms with Crippen LogP contribution >= 0.6 is 0 Å². The van der Waals surface area contributed by atoms with E-state index in [1.165, 1.54) is 0 Å². The monoisotopic (exact) mass is 390 g/mol. The number of benzene rings is 1. The number of aromatic nitrogens is 2. The highest BCUT2D eigenvalue weighted by Crippen LogP contribution is 2.42. The number of piperazine rings is 1. The fraction of sp³-hybridized carbons (Fsp3) is 0.318. The molecule has 7 heteroatoms. The van der Waals surface area contributed by atoms with Crippen molar-refractivity contribution in [3.63, 3.8) is 0 Å². The van der Waals surface area contributed by atoms with Crippen LogP contribution in [-0.4, -0.2) is 51.8 Å². The van der Waals surface area contributed by atoms with Gasteiger partial charge in [0.15, 0.2) is 5.54 Å². The third kappa shape index (κ3) is 2.53.